The second-order valence-electron chi connectivity index (χ2n) is 8.73. The van der Waals surface area contributed by atoms with Gasteiger partial charge in [-0.1, -0.05) is 0 Å². The Hall–Kier alpha value is -2.18. The Labute approximate surface area is 256 Å². The number of aldehydes is 1. The topological polar surface area (TPSA) is 176 Å². The maximum absolute atomic E-state index is 11.7. The standard InChI is InChI=1S/C28H54N4O11/c1-3-35-9-10-37-13-14-39-17-18-41-21-22-43-24-23-42-20-19-40-16-15-38-12-11-36-8-6-32(30)26-27(29)25-31(2)28(34)5-4-7-33/h4-5,7,26H,3,6,8-25,29-30H2,1-2H3/b5-4-,27-26-. The number of nitrogens with zero attached hydrogens (tertiary/aromatic N) is 2. The van der Waals surface area contributed by atoms with Gasteiger partial charge in [-0.2, -0.15) is 0 Å². The van der Waals surface area contributed by atoms with Crippen LogP contribution in [0.4, 0.5) is 0 Å². The van der Waals surface area contributed by atoms with Crippen molar-refractivity contribution in [2.24, 2.45) is 11.6 Å². The summed E-state index contributed by atoms with van der Waals surface area (Å²) >= 11 is 0. The van der Waals surface area contributed by atoms with Crippen molar-refractivity contribution in [1.82, 2.24) is 9.91 Å². The van der Waals surface area contributed by atoms with Gasteiger partial charge in [0.15, 0.2) is 0 Å². The van der Waals surface area contributed by atoms with E-state index in [1.165, 1.54) is 22.2 Å². The highest BCUT2D eigenvalue weighted by Gasteiger charge is 2.06. The van der Waals surface area contributed by atoms with E-state index in [-0.39, 0.29) is 12.5 Å². The number of hydrogen-bond donors (Lipinski definition) is 2. The van der Waals surface area contributed by atoms with E-state index in [9.17, 15) is 9.59 Å². The van der Waals surface area contributed by atoms with Crippen molar-refractivity contribution in [2.75, 3.05) is 139 Å². The molecular formula is C28H54N4O11. The molecule has 0 bridgehead atoms. The van der Waals surface area contributed by atoms with Gasteiger partial charge in [-0.3, -0.25) is 9.59 Å². The van der Waals surface area contributed by atoms with Crippen LogP contribution in [0.25, 0.3) is 0 Å². The van der Waals surface area contributed by atoms with E-state index in [2.05, 4.69) is 0 Å². The molecule has 0 unspecified atom stereocenters. The molecule has 4 N–H and O–H groups in total. The minimum absolute atomic E-state index is 0.175. The Balaban J connectivity index is 3.33. The lowest BCUT2D eigenvalue weighted by molar-refractivity contribution is -0.124. The van der Waals surface area contributed by atoms with Crippen LogP contribution in [-0.2, 0) is 52.2 Å². The zero-order valence-corrected chi connectivity index (χ0v) is 26.0. The molecule has 0 saturated carbocycles. The highest BCUT2D eigenvalue weighted by molar-refractivity contribution is 5.90. The Morgan fingerprint density at radius 2 is 0.977 bits per heavy atom. The first-order chi connectivity index (χ1) is 21.0. The Bertz CT molecular complexity index is 702. The molecule has 0 rings (SSSR count). The third-order valence-corrected chi connectivity index (χ3v) is 5.12. The fraction of sp³-hybridized carbons (Fsp3) is 0.786. The summed E-state index contributed by atoms with van der Waals surface area (Å²) in [6.07, 6.45) is 4.36. The number of carbonyl (C=O) groups excluding carboxylic acids is 2. The van der Waals surface area contributed by atoms with E-state index < -0.39 is 0 Å². The SMILES string of the molecule is CCOCCOCCOCCOCCOCCOCCOCCOCCOCCN(N)/C=C(\N)CN(C)C(=O)/C=C\C=O. The van der Waals surface area contributed by atoms with E-state index in [0.717, 1.165) is 6.08 Å². The van der Waals surface area contributed by atoms with Crippen molar-refractivity contribution in [3.8, 4) is 0 Å². The lowest BCUT2D eigenvalue weighted by atomic mass is 10.4. The maximum Gasteiger partial charge on any atom is 0.246 e. The molecule has 0 fully saturated rings. The molecule has 0 spiro atoms. The van der Waals surface area contributed by atoms with Crippen molar-refractivity contribution in [1.29, 1.82) is 0 Å². The first-order valence-electron chi connectivity index (χ1n) is 14.5. The molecule has 43 heavy (non-hydrogen) atoms. The molecule has 252 valence electrons. The molecule has 0 aliphatic rings. The summed E-state index contributed by atoms with van der Waals surface area (Å²) in [5.74, 6) is 5.53. The van der Waals surface area contributed by atoms with Crippen LogP contribution in [0.2, 0.25) is 0 Å². The van der Waals surface area contributed by atoms with Crippen LogP contribution >= 0.6 is 0 Å². The minimum atomic E-state index is -0.335. The predicted octanol–water partition coefficient (Wildman–Crippen LogP) is -0.655. The largest absolute Gasteiger partial charge is 0.399 e. The van der Waals surface area contributed by atoms with Crippen LogP contribution in [0.1, 0.15) is 6.92 Å². The molecule has 0 aromatic heterocycles. The normalized spacial score (nSPS) is 11.8. The van der Waals surface area contributed by atoms with Crippen LogP contribution in [0.5, 0.6) is 0 Å². The number of allylic oxidation sites excluding steroid dienone is 1. The summed E-state index contributed by atoms with van der Waals surface area (Å²) in [4.78, 5) is 23.4. The number of carbonyl (C=O) groups is 2. The summed E-state index contributed by atoms with van der Waals surface area (Å²) in [7, 11) is 1.57. The fourth-order valence-corrected chi connectivity index (χ4v) is 2.99. The van der Waals surface area contributed by atoms with E-state index in [4.69, 9.17) is 54.2 Å². The lowest BCUT2D eigenvalue weighted by Crippen LogP contribution is -2.34. The monoisotopic (exact) mass is 622 g/mol. The van der Waals surface area contributed by atoms with E-state index in [1.54, 1.807) is 7.05 Å². The Kier molecular flexibility index (Phi) is 31.1. The summed E-state index contributed by atoms with van der Waals surface area (Å²) < 4.78 is 48.7. The second kappa shape index (κ2) is 32.7. The number of amides is 1. The molecule has 0 aromatic rings. The molecule has 0 aliphatic carbocycles. The van der Waals surface area contributed by atoms with Gasteiger partial charge in [-0.05, 0) is 13.0 Å². The van der Waals surface area contributed by atoms with Crippen LogP contribution in [0, 0.1) is 0 Å². The first kappa shape index (κ1) is 40.8. The fourth-order valence-electron chi connectivity index (χ4n) is 2.99. The number of likely N-dealkylation sites (N-methyl/N-ethyl adjacent to an activating group) is 1. The molecule has 0 heterocycles. The second-order valence-corrected chi connectivity index (χ2v) is 8.73. The average Bonchev–Trinajstić information content (AvgIpc) is 2.99. The summed E-state index contributed by atoms with van der Waals surface area (Å²) in [5.41, 5.74) is 6.29. The molecule has 0 aromatic carbocycles. The molecule has 1 amide bonds. The number of ether oxygens (including phenoxy) is 9. The summed E-state index contributed by atoms with van der Waals surface area (Å²) in [6.45, 7) is 11.7. The molecular weight excluding hydrogens is 568 g/mol. The lowest BCUT2D eigenvalue weighted by Gasteiger charge is -2.18. The van der Waals surface area contributed by atoms with Crippen LogP contribution in [0.15, 0.2) is 24.0 Å². The average molecular weight is 623 g/mol. The number of hydrogen-bond acceptors (Lipinski definition) is 14. The van der Waals surface area contributed by atoms with E-state index in [1.807, 2.05) is 6.92 Å². The first-order valence-corrected chi connectivity index (χ1v) is 14.5. The molecule has 0 saturated heterocycles. The van der Waals surface area contributed by atoms with Crippen LogP contribution < -0.4 is 11.6 Å². The van der Waals surface area contributed by atoms with Gasteiger partial charge < -0.3 is 58.3 Å². The molecule has 15 heteroatoms. The predicted molar refractivity (Wildman–Crippen MR) is 159 cm³/mol. The third-order valence-electron chi connectivity index (χ3n) is 5.12. The van der Waals surface area contributed by atoms with Gasteiger partial charge in [-0.15, -0.1) is 0 Å². The zero-order chi connectivity index (χ0) is 31.6. The van der Waals surface area contributed by atoms with Crippen molar-refractivity contribution in [2.45, 2.75) is 6.92 Å². The van der Waals surface area contributed by atoms with Crippen molar-refractivity contribution in [3.63, 3.8) is 0 Å². The van der Waals surface area contributed by atoms with Crippen LogP contribution in [-0.4, -0.2) is 161 Å². The minimum Gasteiger partial charge on any atom is -0.399 e. The summed E-state index contributed by atoms with van der Waals surface area (Å²) in [6, 6.07) is 0. The number of nitrogens with two attached hydrogens (primary N) is 2. The highest BCUT2D eigenvalue weighted by atomic mass is 16.6. The number of hydrazine groups is 1. The smallest absolute Gasteiger partial charge is 0.246 e. The summed E-state index contributed by atoms with van der Waals surface area (Å²) in [5, 5.41) is 1.39. The van der Waals surface area contributed by atoms with Crippen molar-refractivity contribution < 1.29 is 52.2 Å². The third kappa shape index (κ3) is 31.1. The van der Waals surface area contributed by atoms with Gasteiger partial charge in [0.25, 0.3) is 0 Å². The van der Waals surface area contributed by atoms with Crippen molar-refractivity contribution >= 4 is 12.2 Å². The van der Waals surface area contributed by atoms with Gasteiger partial charge in [0.1, 0.15) is 6.29 Å². The quantitative estimate of drug-likeness (QED) is 0.0310. The highest BCUT2D eigenvalue weighted by Crippen LogP contribution is 1.95. The van der Waals surface area contributed by atoms with Gasteiger partial charge in [0.05, 0.1) is 125 Å². The molecule has 0 atom stereocenters. The van der Waals surface area contributed by atoms with Crippen molar-refractivity contribution in [3.05, 3.63) is 24.0 Å². The maximum atomic E-state index is 11.7. The van der Waals surface area contributed by atoms with Gasteiger partial charge >= 0.3 is 0 Å². The van der Waals surface area contributed by atoms with E-state index in [0.29, 0.717) is 137 Å². The van der Waals surface area contributed by atoms with Gasteiger partial charge in [0, 0.05) is 31.6 Å². The Morgan fingerprint density at radius 3 is 1.33 bits per heavy atom. The Morgan fingerprint density at radius 1 is 0.628 bits per heavy atom. The van der Waals surface area contributed by atoms with Crippen LogP contribution in [0.3, 0.4) is 0 Å². The van der Waals surface area contributed by atoms with Gasteiger partial charge in [0.2, 0.25) is 5.91 Å². The molecule has 0 radical (unpaired) electrons. The molecule has 15 nitrogen and oxygen atoms in total. The number of rotatable bonds is 33. The van der Waals surface area contributed by atoms with Gasteiger partial charge in [-0.25, -0.2) is 5.84 Å². The zero-order valence-electron chi connectivity index (χ0n) is 26.0. The molecule has 0 aliphatic heterocycles. The van der Waals surface area contributed by atoms with E-state index >= 15 is 0 Å².